The second kappa shape index (κ2) is 7.68. The lowest BCUT2D eigenvalue weighted by Gasteiger charge is -2.56. The number of carbonyl (C=O) groups is 1. The van der Waals surface area contributed by atoms with Gasteiger partial charge in [0.05, 0.1) is 18.5 Å². The first-order chi connectivity index (χ1) is 14.5. The van der Waals surface area contributed by atoms with E-state index in [1.807, 2.05) is 29.8 Å². The van der Waals surface area contributed by atoms with Crippen LogP contribution in [0.3, 0.4) is 0 Å². The molecule has 6 rings (SSSR count). The highest BCUT2D eigenvalue weighted by Crippen LogP contribution is 2.61. The molecule has 1 amide bonds. The zero-order chi connectivity index (χ0) is 20.7. The molecular formula is C25H32N4O. The average molecular weight is 405 g/mol. The predicted octanol–water partition coefficient (Wildman–Crippen LogP) is 4.60. The molecule has 0 spiro atoms. The van der Waals surface area contributed by atoms with Crippen molar-refractivity contribution in [2.24, 2.45) is 28.3 Å². The topological polar surface area (TPSA) is 59.3 Å². The first kappa shape index (κ1) is 19.5. The van der Waals surface area contributed by atoms with Gasteiger partial charge >= 0.3 is 0 Å². The predicted molar refractivity (Wildman–Crippen MR) is 118 cm³/mol. The molecule has 0 unspecified atom stereocenters. The molecule has 30 heavy (non-hydrogen) atoms. The Balaban J connectivity index is 1.21. The van der Waals surface area contributed by atoms with Crippen LogP contribution in [0.5, 0.6) is 0 Å². The Bertz CT molecular complexity index is 924. The van der Waals surface area contributed by atoms with E-state index in [-0.39, 0.29) is 11.3 Å². The fraction of sp³-hybridized carbons (Fsp3) is 0.560. The number of amides is 1. The van der Waals surface area contributed by atoms with Gasteiger partial charge in [0.2, 0.25) is 5.91 Å². The van der Waals surface area contributed by atoms with Crippen molar-refractivity contribution in [3.63, 3.8) is 0 Å². The Morgan fingerprint density at radius 1 is 1.13 bits per heavy atom. The third-order valence-electron chi connectivity index (χ3n) is 7.70. The van der Waals surface area contributed by atoms with Crippen LogP contribution in [0.15, 0.2) is 35.4 Å². The lowest BCUT2D eigenvalue weighted by molar-refractivity contribution is -0.129. The molecule has 1 aromatic carbocycles. The van der Waals surface area contributed by atoms with Gasteiger partial charge in [-0.15, -0.1) is 0 Å². The van der Waals surface area contributed by atoms with Gasteiger partial charge in [0.15, 0.2) is 0 Å². The van der Waals surface area contributed by atoms with E-state index in [4.69, 9.17) is 0 Å². The molecule has 0 radical (unpaired) electrons. The van der Waals surface area contributed by atoms with Gasteiger partial charge in [-0.1, -0.05) is 30.3 Å². The van der Waals surface area contributed by atoms with E-state index >= 15 is 0 Å². The molecule has 2 aromatic rings. The number of benzene rings is 1. The molecule has 0 atom stereocenters. The van der Waals surface area contributed by atoms with Crippen molar-refractivity contribution in [2.45, 2.75) is 65.3 Å². The van der Waals surface area contributed by atoms with Gasteiger partial charge < -0.3 is 0 Å². The minimum absolute atomic E-state index is 0.0696. The SMILES string of the molecule is Cc1nn(Cc2ccccc2)c(C)c1/C=N\NC(=O)CC12CC3CC(CC(C3)C1)C2. The highest BCUT2D eigenvalue weighted by Gasteiger charge is 2.51. The van der Waals surface area contributed by atoms with Gasteiger partial charge in [-0.3, -0.25) is 9.48 Å². The minimum Gasteiger partial charge on any atom is -0.273 e. The van der Waals surface area contributed by atoms with Crippen LogP contribution in [0.4, 0.5) is 0 Å². The lowest BCUT2D eigenvalue weighted by atomic mass is 9.49. The van der Waals surface area contributed by atoms with Crippen LogP contribution in [0.2, 0.25) is 0 Å². The fourth-order valence-electron chi connectivity index (χ4n) is 6.86. The number of carbonyl (C=O) groups excluding carboxylic acids is 1. The summed E-state index contributed by atoms with van der Waals surface area (Å²) in [4.78, 5) is 12.7. The quantitative estimate of drug-likeness (QED) is 0.565. The first-order valence-corrected chi connectivity index (χ1v) is 11.4. The summed E-state index contributed by atoms with van der Waals surface area (Å²) in [6.45, 7) is 4.79. The molecule has 5 heteroatoms. The number of aryl methyl sites for hydroxylation is 1. The molecule has 5 nitrogen and oxygen atoms in total. The number of nitrogens with zero attached hydrogens (tertiary/aromatic N) is 3. The van der Waals surface area contributed by atoms with Crippen LogP contribution in [0.25, 0.3) is 0 Å². The van der Waals surface area contributed by atoms with Gasteiger partial charge in [-0.25, -0.2) is 5.43 Å². The number of nitrogens with one attached hydrogen (secondary N) is 1. The molecule has 1 heterocycles. The van der Waals surface area contributed by atoms with Crippen molar-refractivity contribution >= 4 is 12.1 Å². The van der Waals surface area contributed by atoms with Gasteiger partial charge in [0, 0.05) is 17.7 Å². The summed E-state index contributed by atoms with van der Waals surface area (Å²) < 4.78 is 2.00. The molecule has 1 N–H and O–H groups in total. The second-order valence-electron chi connectivity index (χ2n) is 10.1. The monoisotopic (exact) mass is 404 g/mol. The Morgan fingerprint density at radius 2 is 1.77 bits per heavy atom. The molecule has 0 saturated heterocycles. The van der Waals surface area contributed by atoms with Crippen molar-refractivity contribution in [3.8, 4) is 0 Å². The maximum Gasteiger partial charge on any atom is 0.240 e. The highest BCUT2D eigenvalue weighted by molar-refractivity contribution is 5.84. The fourth-order valence-corrected chi connectivity index (χ4v) is 6.86. The van der Waals surface area contributed by atoms with E-state index in [1.54, 1.807) is 6.21 Å². The second-order valence-corrected chi connectivity index (χ2v) is 10.1. The third-order valence-corrected chi connectivity index (χ3v) is 7.70. The maximum absolute atomic E-state index is 12.7. The minimum atomic E-state index is 0.0696. The van der Waals surface area contributed by atoms with Crippen molar-refractivity contribution in [3.05, 3.63) is 52.8 Å². The van der Waals surface area contributed by atoms with Crippen LogP contribution >= 0.6 is 0 Å². The normalized spacial score (nSPS) is 29.6. The van der Waals surface area contributed by atoms with Crippen molar-refractivity contribution in [1.82, 2.24) is 15.2 Å². The van der Waals surface area contributed by atoms with Gasteiger partial charge in [0.1, 0.15) is 0 Å². The van der Waals surface area contributed by atoms with E-state index in [1.165, 1.54) is 44.1 Å². The van der Waals surface area contributed by atoms with Crippen LogP contribution in [-0.4, -0.2) is 21.9 Å². The molecule has 0 aliphatic heterocycles. The number of hydrogen-bond donors (Lipinski definition) is 1. The Morgan fingerprint density at radius 3 is 2.40 bits per heavy atom. The molecule has 4 aliphatic rings. The summed E-state index contributed by atoms with van der Waals surface area (Å²) in [7, 11) is 0. The van der Waals surface area contributed by atoms with Crippen LogP contribution < -0.4 is 5.43 Å². The Kier molecular flexibility index (Phi) is 5.00. The third kappa shape index (κ3) is 3.82. The summed E-state index contributed by atoms with van der Waals surface area (Å²) in [5.41, 5.74) is 7.27. The van der Waals surface area contributed by atoms with Crippen molar-refractivity contribution < 1.29 is 4.79 Å². The summed E-state index contributed by atoms with van der Waals surface area (Å²) >= 11 is 0. The Labute approximate surface area is 178 Å². The highest BCUT2D eigenvalue weighted by atomic mass is 16.2. The van der Waals surface area contributed by atoms with Crippen molar-refractivity contribution in [2.75, 3.05) is 0 Å². The lowest BCUT2D eigenvalue weighted by Crippen LogP contribution is -2.47. The van der Waals surface area contributed by atoms with Crippen molar-refractivity contribution in [1.29, 1.82) is 0 Å². The summed E-state index contributed by atoms with van der Waals surface area (Å²) in [5, 5.41) is 8.97. The summed E-state index contributed by atoms with van der Waals surface area (Å²) in [6, 6.07) is 10.3. The Hall–Kier alpha value is -2.43. The van der Waals surface area contributed by atoms with E-state index in [9.17, 15) is 4.79 Å². The van der Waals surface area contributed by atoms with Crippen LogP contribution in [0.1, 0.15) is 67.5 Å². The smallest absolute Gasteiger partial charge is 0.240 e. The van der Waals surface area contributed by atoms with E-state index in [0.717, 1.165) is 41.2 Å². The van der Waals surface area contributed by atoms with Gasteiger partial charge in [-0.05, 0) is 81.1 Å². The molecule has 4 aliphatic carbocycles. The van der Waals surface area contributed by atoms with E-state index in [2.05, 4.69) is 34.7 Å². The largest absolute Gasteiger partial charge is 0.273 e. The van der Waals surface area contributed by atoms with Crippen LogP contribution in [-0.2, 0) is 11.3 Å². The summed E-state index contributed by atoms with van der Waals surface area (Å²) in [6.07, 6.45) is 10.4. The average Bonchev–Trinajstić information content (AvgIpc) is 2.94. The van der Waals surface area contributed by atoms with Gasteiger partial charge in [-0.2, -0.15) is 10.2 Å². The molecule has 4 fully saturated rings. The molecule has 4 bridgehead atoms. The zero-order valence-electron chi connectivity index (χ0n) is 18.1. The van der Waals surface area contributed by atoms with E-state index < -0.39 is 0 Å². The standard InChI is InChI=1S/C25H32N4O/c1-17-23(18(2)29(28-17)16-19-6-4-3-5-7-19)15-26-27-24(30)14-25-11-20-8-21(12-25)10-22(9-20)13-25/h3-7,15,20-22H,8-14,16H2,1-2H3,(H,27,30)/b26-15-. The van der Waals surface area contributed by atoms with E-state index in [0.29, 0.717) is 6.42 Å². The number of aromatic nitrogens is 2. The summed E-state index contributed by atoms with van der Waals surface area (Å²) in [5.74, 6) is 2.68. The number of hydrogen-bond acceptors (Lipinski definition) is 3. The first-order valence-electron chi connectivity index (χ1n) is 11.4. The number of hydrazone groups is 1. The zero-order valence-corrected chi connectivity index (χ0v) is 18.1. The number of rotatable bonds is 6. The maximum atomic E-state index is 12.7. The molecule has 4 saturated carbocycles. The molecule has 1 aromatic heterocycles. The molecule has 158 valence electrons. The molecular weight excluding hydrogens is 372 g/mol. The van der Waals surface area contributed by atoms with Gasteiger partial charge in [0.25, 0.3) is 0 Å². The van der Waals surface area contributed by atoms with Crippen LogP contribution in [0, 0.1) is 37.0 Å².